The lowest BCUT2D eigenvalue weighted by Crippen LogP contribution is -2.17. The van der Waals surface area contributed by atoms with Gasteiger partial charge >= 0.3 is 7.60 Å². The average Bonchev–Trinajstić information content (AvgIpc) is 3.22. The number of nitrogens with two attached hydrogens (primary N) is 1. The molecule has 0 aliphatic carbocycles. The molecule has 0 saturated carbocycles. The Morgan fingerprint density at radius 2 is 1.85 bits per heavy atom. The molecule has 2 atom stereocenters. The summed E-state index contributed by atoms with van der Waals surface area (Å²) in [7, 11) is -3.84. The maximum atomic E-state index is 12.2. The van der Waals surface area contributed by atoms with Gasteiger partial charge in [-0.15, -0.1) is 0 Å². The van der Waals surface area contributed by atoms with Gasteiger partial charge in [-0.05, 0) is 31.4 Å². The molecule has 10 nitrogen and oxygen atoms in total. The normalized spacial score (nSPS) is 14.0. The quantitative estimate of drug-likeness (QED) is 0.117. The summed E-state index contributed by atoms with van der Waals surface area (Å²) in [6, 6.07) is 0. The number of nitrogen functional groups attached to an aromatic ring is 1. The molecule has 0 aliphatic rings. The third kappa shape index (κ3) is 11.2. The topological polar surface area (TPSA) is 135 Å². The molecule has 0 radical (unpaired) electrons. The van der Waals surface area contributed by atoms with Crippen molar-refractivity contribution in [3.05, 3.63) is 12.7 Å². The number of ether oxygens (including phenoxy) is 2. The van der Waals surface area contributed by atoms with Gasteiger partial charge in [0.25, 0.3) is 0 Å². The smallest absolute Gasteiger partial charge is 0.353 e. The van der Waals surface area contributed by atoms with Crippen molar-refractivity contribution < 1.29 is 23.5 Å². The maximum Gasteiger partial charge on any atom is 0.353 e. The second kappa shape index (κ2) is 16.1. The van der Waals surface area contributed by atoms with Crippen LogP contribution in [0.3, 0.4) is 0 Å². The molecular formula is C22H36N5O5PS. The molecule has 2 rings (SSSR count). The fraction of sp³-hybridized carbons (Fsp3) is 0.682. The summed E-state index contributed by atoms with van der Waals surface area (Å²) in [5.74, 6) is 3.26. The summed E-state index contributed by atoms with van der Waals surface area (Å²) >= 11 is 3.86. The number of imidazole rings is 1. The summed E-state index contributed by atoms with van der Waals surface area (Å²) in [5.41, 5.74) is 6.88. The van der Waals surface area contributed by atoms with Gasteiger partial charge in [0, 0.05) is 19.6 Å². The highest BCUT2D eigenvalue weighted by molar-refractivity contribution is 7.85. The lowest BCUT2D eigenvalue weighted by atomic mass is 10.1. The van der Waals surface area contributed by atoms with E-state index in [0.29, 0.717) is 43.2 Å². The lowest BCUT2D eigenvalue weighted by Gasteiger charge is -2.17. The molecule has 2 heterocycles. The van der Waals surface area contributed by atoms with Gasteiger partial charge in [0.1, 0.15) is 18.2 Å². The molecule has 0 spiro atoms. The van der Waals surface area contributed by atoms with Gasteiger partial charge in [-0.25, -0.2) is 15.0 Å². The van der Waals surface area contributed by atoms with E-state index in [4.69, 9.17) is 19.7 Å². The average molecular weight is 514 g/mol. The lowest BCUT2D eigenvalue weighted by molar-refractivity contribution is 0.0688. The van der Waals surface area contributed by atoms with Crippen molar-refractivity contribution in [3.8, 4) is 11.2 Å². The molecule has 0 aromatic carbocycles. The monoisotopic (exact) mass is 513 g/mol. The molecule has 0 aliphatic heterocycles. The molecule has 0 saturated heterocycles. The number of hydrogen-bond acceptors (Lipinski definition) is 9. The number of rotatable bonds is 18. The Hall–Kier alpha value is -1.67. The minimum absolute atomic E-state index is 0.142. The van der Waals surface area contributed by atoms with Crippen molar-refractivity contribution in [2.45, 2.75) is 70.9 Å². The number of nitrogens with zero attached hydrogens (tertiary/aromatic N) is 4. The van der Waals surface area contributed by atoms with E-state index in [-0.39, 0.29) is 19.1 Å². The molecule has 12 heteroatoms. The Morgan fingerprint density at radius 3 is 2.65 bits per heavy atom. The van der Waals surface area contributed by atoms with E-state index >= 15 is 0 Å². The highest BCUT2D eigenvalue weighted by Gasteiger charge is 2.21. The predicted octanol–water partition coefficient (Wildman–Crippen LogP) is 4.00. The zero-order valence-corrected chi connectivity index (χ0v) is 21.6. The van der Waals surface area contributed by atoms with Gasteiger partial charge in [-0.3, -0.25) is 4.57 Å². The van der Waals surface area contributed by atoms with Crippen molar-refractivity contribution >= 4 is 37.2 Å². The van der Waals surface area contributed by atoms with E-state index in [9.17, 15) is 9.46 Å². The number of fused-ring (bicyclic) bond motifs is 1. The van der Waals surface area contributed by atoms with Crippen molar-refractivity contribution in [2.75, 3.05) is 31.9 Å². The van der Waals surface area contributed by atoms with Crippen LogP contribution >= 0.6 is 20.2 Å². The second-order valence-corrected chi connectivity index (χ2v) is 10.0. The number of thiol groups is 1. The van der Waals surface area contributed by atoms with Crippen LogP contribution < -0.4 is 5.73 Å². The molecule has 0 bridgehead atoms. The summed E-state index contributed by atoms with van der Waals surface area (Å²) in [4.78, 5) is 22.3. The van der Waals surface area contributed by atoms with Crippen LogP contribution in [0.25, 0.3) is 11.2 Å². The maximum absolute atomic E-state index is 12.2. The molecule has 3 N–H and O–H groups in total. The zero-order valence-electron chi connectivity index (χ0n) is 19.8. The van der Waals surface area contributed by atoms with E-state index in [1.54, 1.807) is 17.8 Å². The van der Waals surface area contributed by atoms with Gasteiger partial charge in [0.15, 0.2) is 11.5 Å². The van der Waals surface area contributed by atoms with E-state index in [1.807, 2.05) is 0 Å². The van der Waals surface area contributed by atoms with E-state index in [2.05, 4.69) is 38.8 Å². The Bertz CT molecular complexity index is 964. The fourth-order valence-corrected chi connectivity index (χ4v) is 4.32. The van der Waals surface area contributed by atoms with Crippen LogP contribution in [0.15, 0.2) is 12.7 Å². The summed E-state index contributed by atoms with van der Waals surface area (Å²) < 4.78 is 30.2. The van der Waals surface area contributed by atoms with E-state index in [0.717, 1.165) is 25.7 Å². The Kier molecular flexibility index (Phi) is 13.5. The van der Waals surface area contributed by atoms with Gasteiger partial charge in [0.2, 0.25) is 0 Å². The second-order valence-electron chi connectivity index (χ2n) is 8.03. The molecule has 2 aromatic heterocycles. The van der Waals surface area contributed by atoms with E-state index in [1.165, 1.54) is 25.6 Å². The molecule has 2 aromatic rings. The first-order valence-electron chi connectivity index (χ1n) is 11.6. The molecule has 1 unspecified atom stereocenters. The predicted molar refractivity (Wildman–Crippen MR) is 135 cm³/mol. The zero-order chi connectivity index (χ0) is 24.7. The Balaban J connectivity index is 1.49. The largest absolute Gasteiger partial charge is 0.382 e. The highest BCUT2D eigenvalue weighted by atomic mass is 32.1. The third-order valence-electron chi connectivity index (χ3n) is 5.05. The minimum Gasteiger partial charge on any atom is -0.382 e. The van der Waals surface area contributed by atoms with Crippen LogP contribution in [0.1, 0.15) is 58.3 Å². The van der Waals surface area contributed by atoms with Crippen molar-refractivity contribution in [1.29, 1.82) is 0 Å². The van der Waals surface area contributed by atoms with Gasteiger partial charge < -0.3 is 29.2 Å². The van der Waals surface area contributed by atoms with Crippen molar-refractivity contribution in [1.82, 2.24) is 19.5 Å². The highest BCUT2D eigenvalue weighted by Crippen LogP contribution is 2.42. The van der Waals surface area contributed by atoms with Gasteiger partial charge in [0.05, 0.1) is 25.6 Å². The number of aromatic nitrogens is 4. The minimum atomic E-state index is -3.84. The number of anilines is 1. The first kappa shape index (κ1) is 28.6. The van der Waals surface area contributed by atoms with Gasteiger partial charge in [-0.1, -0.05) is 44.2 Å². The fourth-order valence-electron chi connectivity index (χ4n) is 3.27. The molecule has 0 fully saturated rings. The molecule has 34 heavy (non-hydrogen) atoms. The van der Waals surface area contributed by atoms with Crippen LogP contribution in [0.5, 0.6) is 0 Å². The van der Waals surface area contributed by atoms with Crippen molar-refractivity contribution in [2.24, 2.45) is 0 Å². The van der Waals surface area contributed by atoms with Gasteiger partial charge in [-0.2, -0.15) is 0 Å². The first-order chi connectivity index (χ1) is 16.4. The third-order valence-corrected chi connectivity index (χ3v) is 6.27. The van der Waals surface area contributed by atoms with Crippen LogP contribution in [-0.4, -0.2) is 56.7 Å². The standard InChI is InChI=1S/C22H36N5O5PS/c1-19(15-27-17-26-20-21(23)24-16-25-22(20)27)31-18-33(28,29)32-13-10-12-30-11-8-6-4-2-3-5-7-9-14-34/h16-17,19,34H,2-8,10-13,15,18H2,1H3,(H,28,29)(H2,23,24,25)/t19-/m1/s1. The summed E-state index contributed by atoms with van der Waals surface area (Å²) in [6.45, 7) is 3.53. The van der Waals surface area contributed by atoms with Crippen LogP contribution in [0, 0.1) is 11.2 Å². The first-order valence-corrected chi connectivity index (χ1v) is 13.8. The molecule has 190 valence electrons. The number of unbranched alkanes of at least 4 members (excludes halogenated alkanes) is 6. The summed E-state index contributed by atoms with van der Waals surface area (Å²) in [5, 5.41) is 2.61. The molecular weight excluding hydrogens is 477 g/mol. The van der Waals surface area contributed by atoms with Crippen molar-refractivity contribution in [3.63, 3.8) is 0 Å². The Labute approximate surface area is 206 Å². The van der Waals surface area contributed by atoms with Crippen LogP contribution in [-0.2, 0) is 25.1 Å². The SMILES string of the molecule is C[C@H](Cn1cnc2c(N)ncnc21)OCP(=O)(O)OCCCOCCCCCCCCC#CS. The summed E-state index contributed by atoms with van der Waals surface area (Å²) in [6.07, 6.45) is 10.6. The van der Waals surface area contributed by atoms with E-state index < -0.39 is 7.60 Å². The Morgan fingerprint density at radius 1 is 1.12 bits per heavy atom. The van der Waals surface area contributed by atoms with Crippen LogP contribution in [0.4, 0.5) is 5.82 Å². The number of hydrogen-bond donors (Lipinski definition) is 3. The molecule has 0 amide bonds. The van der Waals surface area contributed by atoms with Crippen LogP contribution in [0.2, 0.25) is 0 Å².